The Kier molecular flexibility index (Phi) is 5.49. The fourth-order valence-corrected chi connectivity index (χ4v) is 4.80. The van der Waals surface area contributed by atoms with Gasteiger partial charge in [-0.05, 0) is 28.8 Å². The van der Waals surface area contributed by atoms with Crippen LogP contribution in [0.2, 0.25) is 0 Å². The second kappa shape index (κ2) is 7.44. The standard InChI is InChI=1S/C16H20Br2N5O/c17-7-12-5-14-10-23(11-15(14)6-13(12)8-18)3-1-22(2-4-23)16(24)9-20-21-19/h5-6H,1-4,7-11H2/q+1. The van der Waals surface area contributed by atoms with Gasteiger partial charge < -0.3 is 9.38 Å². The molecular weight excluding hydrogens is 438 g/mol. The van der Waals surface area contributed by atoms with E-state index in [4.69, 9.17) is 5.53 Å². The van der Waals surface area contributed by atoms with Gasteiger partial charge in [-0.2, -0.15) is 0 Å². The van der Waals surface area contributed by atoms with Crippen LogP contribution in [0.25, 0.3) is 10.4 Å². The number of hydrogen-bond donors (Lipinski definition) is 0. The number of piperazine rings is 1. The van der Waals surface area contributed by atoms with E-state index in [9.17, 15) is 4.79 Å². The highest BCUT2D eigenvalue weighted by Gasteiger charge is 2.40. The lowest BCUT2D eigenvalue weighted by molar-refractivity contribution is -0.950. The molecule has 128 valence electrons. The molecule has 0 atom stereocenters. The highest BCUT2D eigenvalue weighted by atomic mass is 79.9. The molecule has 0 radical (unpaired) electrons. The van der Waals surface area contributed by atoms with Crippen LogP contribution in [-0.4, -0.2) is 48.0 Å². The smallest absolute Gasteiger partial charge is 0.228 e. The number of carbonyl (C=O) groups is 1. The zero-order valence-electron chi connectivity index (χ0n) is 13.4. The largest absolute Gasteiger partial charge is 0.331 e. The number of amides is 1. The third-order valence-corrected chi connectivity index (χ3v) is 6.34. The molecule has 1 saturated heterocycles. The van der Waals surface area contributed by atoms with E-state index >= 15 is 0 Å². The SMILES string of the molecule is [N-]=[N+]=NCC(=O)N1CC[N+]2(CC1)Cc1cc(CBr)c(CBr)cc1C2. The summed E-state index contributed by atoms with van der Waals surface area (Å²) in [6, 6.07) is 4.68. The summed E-state index contributed by atoms with van der Waals surface area (Å²) in [6.45, 7) is 5.44. The number of azide groups is 1. The number of alkyl halides is 2. The molecule has 6 nitrogen and oxygen atoms in total. The third kappa shape index (κ3) is 3.47. The second-order valence-electron chi connectivity index (χ2n) is 6.53. The summed E-state index contributed by atoms with van der Waals surface area (Å²) in [6.07, 6.45) is 0. The van der Waals surface area contributed by atoms with Gasteiger partial charge in [-0.1, -0.05) is 37.0 Å². The Morgan fingerprint density at radius 2 is 1.71 bits per heavy atom. The minimum atomic E-state index is -0.0695. The topological polar surface area (TPSA) is 69.1 Å². The lowest BCUT2D eigenvalue weighted by Crippen LogP contribution is -2.57. The third-order valence-electron chi connectivity index (χ3n) is 5.13. The number of halogens is 2. The Hall–Kier alpha value is -1.08. The Labute approximate surface area is 158 Å². The fourth-order valence-electron chi connectivity index (χ4n) is 3.76. The van der Waals surface area contributed by atoms with Crippen molar-refractivity contribution < 1.29 is 9.28 Å². The number of hydrogen-bond acceptors (Lipinski definition) is 2. The van der Waals surface area contributed by atoms with Crippen LogP contribution in [0.5, 0.6) is 0 Å². The van der Waals surface area contributed by atoms with Crippen LogP contribution in [0.15, 0.2) is 17.2 Å². The highest BCUT2D eigenvalue weighted by Crippen LogP contribution is 2.34. The zero-order chi connectivity index (χ0) is 17.2. The summed E-state index contributed by atoms with van der Waals surface area (Å²) in [4.78, 5) is 16.5. The number of quaternary nitrogens is 1. The van der Waals surface area contributed by atoms with Crippen LogP contribution in [0.1, 0.15) is 22.3 Å². The molecule has 0 aliphatic carbocycles. The van der Waals surface area contributed by atoms with Crippen LogP contribution in [0.4, 0.5) is 0 Å². The van der Waals surface area contributed by atoms with Gasteiger partial charge in [0.1, 0.15) is 19.6 Å². The predicted molar refractivity (Wildman–Crippen MR) is 99.7 cm³/mol. The molecule has 1 aromatic carbocycles. The first-order chi connectivity index (χ1) is 11.6. The summed E-state index contributed by atoms with van der Waals surface area (Å²) in [7, 11) is 0. The number of carbonyl (C=O) groups excluding carboxylic acids is 1. The monoisotopic (exact) mass is 456 g/mol. The summed E-state index contributed by atoms with van der Waals surface area (Å²) >= 11 is 7.17. The van der Waals surface area contributed by atoms with Gasteiger partial charge in [0.2, 0.25) is 5.91 Å². The summed E-state index contributed by atoms with van der Waals surface area (Å²) < 4.78 is 1.04. The van der Waals surface area contributed by atoms with E-state index in [0.717, 1.165) is 54.4 Å². The molecule has 0 saturated carbocycles. The van der Waals surface area contributed by atoms with E-state index in [1.54, 1.807) is 0 Å². The maximum Gasteiger partial charge on any atom is 0.228 e. The molecule has 1 amide bonds. The fraction of sp³-hybridized carbons (Fsp3) is 0.562. The van der Waals surface area contributed by atoms with Gasteiger partial charge in [0, 0.05) is 26.7 Å². The molecule has 0 unspecified atom stereocenters. The Morgan fingerprint density at radius 1 is 1.17 bits per heavy atom. The molecule has 8 heteroatoms. The number of rotatable bonds is 4. The van der Waals surface area contributed by atoms with Crippen LogP contribution < -0.4 is 0 Å². The van der Waals surface area contributed by atoms with Gasteiger partial charge >= 0.3 is 0 Å². The molecule has 2 aliphatic heterocycles. The molecule has 2 heterocycles. The number of nitrogens with zero attached hydrogens (tertiary/aromatic N) is 5. The van der Waals surface area contributed by atoms with Crippen molar-refractivity contribution in [2.24, 2.45) is 5.11 Å². The van der Waals surface area contributed by atoms with Gasteiger partial charge in [-0.15, -0.1) is 0 Å². The van der Waals surface area contributed by atoms with Crippen molar-refractivity contribution in [3.8, 4) is 0 Å². The van der Waals surface area contributed by atoms with Gasteiger partial charge in [-0.25, -0.2) is 0 Å². The molecule has 0 bridgehead atoms. The predicted octanol–water partition coefficient (Wildman–Crippen LogP) is 3.46. The van der Waals surface area contributed by atoms with E-state index in [1.807, 2.05) is 4.90 Å². The number of benzene rings is 1. The van der Waals surface area contributed by atoms with Gasteiger partial charge in [0.25, 0.3) is 0 Å². The van der Waals surface area contributed by atoms with E-state index < -0.39 is 0 Å². The molecular formula is C16H20Br2N5O+. The zero-order valence-corrected chi connectivity index (χ0v) is 16.6. The maximum absolute atomic E-state index is 12.0. The maximum atomic E-state index is 12.0. The average Bonchev–Trinajstić information content (AvgIpc) is 2.95. The van der Waals surface area contributed by atoms with Crippen LogP contribution in [0, 0.1) is 0 Å². The normalized spacial score (nSPS) is 18.3. The van der Waals surface area contributed by atoms with Crippen molar-refractivity contribution in [3.05, 3.63) is 44.8 Å². The lowest BCUT2D eigenvalue weighted by Gasteiger charge is -2.42. The molecule has 2 aliphatic rings. The average molecular weight is 458 g/mol. The first kappa shape index (κ1) is 17.7. The first-order valence-electron chi connectivity index (χ1n) is 8.00. The Morgan fingerprint density at radius 3 is 2.17 bits per heavy atom. The highest BCUT2D eigenvalue weighted by molar-refractivity contribution is 9.09. The van der Waals surface area contributed by atoms with Crippen molar-refractivity contribution in [1.29, 1.82) is 0 Å². The molecule has 1 fully saturated rings. The van der Waals surface area contributed by atoms with Crippen LogP contribution in [0.3, 0.4) is 0 Å². The molecule has 24 heavy (non-hydrogen) atoms. The minimum absolute atomic E-state index is 0.0643. The van der Waals surface area contributed by atoms with Gasteiger partial charge in [0.15, 0.2) is 0 Å². The molecule has 1 aromatic rings. The summed E-state index contributed by atoms with van der Waals surface area (Å²) in [5.41, 5.74) is 13.9. The van der Waals surface area contributed by atoms with Gasteiger partial charge in [0.05, 0.1) is 26.2 Å². The van der Waals surface area contributed by atoms with Crippen molar-refractivity contribution in [2.75, 3.05) is 32.7 Å². The van der Waals surface area contributed by atoms with E-state index in [0.29, 0.717) is 0 Å². The van der Waals surface area contributed by atoms with Crippen LogP contribution in [-0.2, 0) is 28.5 Å². The van der Waals surface area contributed by atoms with Crippen molar-refractivity contribution in [1.82, 2.24) is 4.90 Å². The van der Waals surface area contributed by atoms with Gasteiger partial charge in [-0.3, -0.25) is 4.79 Å². The van der Waals surface area contributed by atoms with Crippen molar-refractivity contribution in [2.45, 2.75) is 23.7 Å². The van der Waals surface area contributed by atoms with E-state index in [-0.39, 0.29) is 12.5 Å². The molecule has 0 aromatic heterocycles. The minimum Gasteiger partial charge on any atom is -0.331 e. The van der Waals surface area contributed by atoms with Crippen molar-refractivity contribution >= 4 is 37.8 Å². The Balaban J connectivity index is 1.69. The van der Waals surface area contributed by atoms with Crippen LogP contribution >= 0.6 is 31.9 Å². The quantitative estimate of drug-likeness (QED) is 0.224. The first-order valence-corrected chi connectivity index (χ1v) is 10.2. The second-order valence-corrected chi connectivity index (χ2v) is 7.65. The van der Waals surface area contributed by atoms with E-state index in [1.165, 1.54) is 22.3 Å². The summed E-state index contributed by atoms with van der Waals surface area (Å²) in [5, 5.41) is 5.14. The molecule has 1 spiro atoms. The van der Waals surface area contributed by atoms with Crippen molar-refractivity contribution in [3.63, 3.8) is 0 Å². The molecule has 3 rings (SSSR count). The van der Waals surface area contributed by atoms with E-state index in [2.05, 4.69) is 54.0 Å². The Bertz CT molecular complexity index is 659. The lowest BCUT2D eigenvalue weighted by atomic mass is 10.0. The number of fused-ring (bicyclic) bond motifs is 1. The molecule has 0 N–H and O–H groups in total. The summed E-state index contributed by atoms with van der Waals surface area (Å²) in [5.74, 6) is -0.0643.